The minimum absolute atomic E-state index is 0.274. The second kappa shape index (κ2) is 15.5. The first-order valence-corrected chi connectivity index (χ1v) is 13.7. The number of alkyl carbamates (subject to hydrolysis) is 2. The summed E-state index contributed by atoms with van der Waals surface area (Å²) in [6.07, 6.45) is -2.54. The Morgan fingerprint density at radius 3 is 1.12 bits per heavy atom. The lowest BCUT2D eigenvalue weighted by molar-refractivity contribution is 0.0624. The van der Waals surface area contributed by atoms with E-state index in [1.54, 1.807) is 97.1 Å². The maximum Gasteiger partial charge on any atom is 0.408 e. The van der Waals surface area contributed by atoms with Crippen LogP contribution >= 0.6 is 0 Å². The SMILES string of the molecule is O=C(NCCCCNC(=O)OC(C(=O)c1ccccc1)c1ccccc1)OC(C(=O)c1ccccc1)c1ccccc1. The van der Waals surface area contributed by atoms with Gasteiger partial charge in [0.2, 0.25) is 11.6 Å². The topological polar surface area (TPSA) is 111 Å². The second-order valence-corrected chi connectivity index (χ2v) is 9.41. The molecule has 42 heavy (non-hydrogen) atoms. The van der Waals surface area contributed by atoms with Crippen molar-refractivity contribution in [2.24, 2.45) is 0 Å². The number of ether oxygens (including phenoxy) is 2. The summed E-state index contributed by atoms with van der Waals surface area (Å²) in [6.45, 7) is 0.547. The van der Waals surface area contributed by atoms with Crippen LogP contribution in [0, 0.1) is 0 Å². The van der Waals surface area contributed by atoms with E-state index in [1.807, 2.05) is 24.3 Å². The normalized spacial score (nSPS) is 11.9. The van der Waals surface area contributed by atoms with Gasteiger partial charge in [-0.05, 0) is 12.8 Å². The molecule has 0 saturated carbocycles. The number of amides is 2. The standard InChI is InChI=1S/C34H32N2O6/c37-29(25-15-5-1-6-16-25)31(27-19-9-3-10-20-27)41-33(39)35-23-13-14-24-36-34(40)42-32(28-21-11-4-12-22-28)30(38)26-17-7-2-8-18-26/h1-12,15-22,31-32H,13-14,23-24H2,(H,35,39)(H,36,40). The van der Waals surface area contributed by atoms with E-state index in [4.69, 9.17) is 9.47 Å². The summed E-state index contributed by atoms with van der Waals surface area (Å²) in [5, 5.41) is 5.32. The van der Waals surface area contributed by atoms with Crippen molar-refractivity contribution in [3.63, 3.8) is 0 Å². The maximum absolute atomic E-state index is 13.1. The van der Waals surface area contributed by atoms with E-state index in [1.165, 1.54) is 0 Å². The molecule has 2 N–H and O–H groups in total. The zero-order valence-electron chi connectivity index (χ0n) is 23.0. The number of benzene rings is 4. The van der Waals surface area contributed by atoms with Gasteiger partial charge in [0.1, 0.15) is 0 Å². The molecule has 4 rings (SSSR count). The van der Waals surface area contributed by atoms with Gasteiger partial charge in [-0.3, -0.25) is 9.59 Å². The van der Waals surface area contributed by atoms with Crippen LogP contribution in [0.4, 0.5) is 9.59 Å². The molecule has 2 unspecified atom stereocenters. The van der Waals surface area contributed by atoms with Crippen molar-refractivity contribution in [3.05, 3.63) is 144 Å². The van der Waals surface area contributed by atoms with E-state index in [-0.39, 0.29) is 24.7 Å². The molecule has 0 aliphatic rings. The minimum atomic E-state index is -1.08. The molecule has 4 aromatic rings. The van der Waals surface area contributed by atoms with Gasteiger partial charge < -0.3 is 20.1 Å². The van der Waals surface area contributed by atoms with Crippen LogP contribution < -0.4 is 10.6 Å². The number of nitrogens with one attached hydrogen (secondary N) is 2. The molecule has 214 valence electrons. The summed E-state index contributed by atoms with van der Waals surface area (Å²) in [5.41, 5.74) is 2.03. The number of carbonyl (C=O) groups excluding carboxylic acids is 4. The lowest BCUT2D eigenvalue weighted by Crippen LogP contribution is -2.31. The van der Waals surface area contributed by atoms with Crippen molar-refractivity contribution in [2.75, 3.05) is 13.1 Å². The number of hydrogen-bond acceptors (Lipinski definition) is 6. The number of Topliss-reactive ketones (excluding diaryl/α,β-unsaturated/α-hetero) is 2. The summed E-state index contributed by atoms with van der Waals surface area (Å²) < 4.78 is 11.0. The molecule has 0 spiro atoms. The van der Waals surface area contributed by atoms with E-state index < -0.39 is 24.4 Å². The van der Waals surface area contributed by atoms with Crippen molar-refractivity contribution in [3.8, 4) is 0 Å². The average molecular weight is 565 g/mol. The number of unbranched alkanes of at least 4 members (excludes halogenated alkanes) is 1. The fourth-order valence-corrected chi connectivity index (χ4v) is 4.24. The quantitative estimate of drug-likeness (QED) is 0.142. The van der Waals surface area contributed by atoms with Gasteiger partial charge in [0.05, 0.1) is 0 Å². The number of rotatable bonds is 13. The van der Waals surface area contributed by atoms with E-state index in [2.05, 4.69) is 10.6 Å². The first-order chi connectivity index (χ1) is 20.5. The van der Waals surface area contributed by atoms with E-state index in [0.717, 1.165) is 0 Å². The van der Waals surface area contributed by atoms with Crippen LogP contribution in [0.5, 0.6) is 0 Å². The van der Waals surface area contributed by atoms with E-state index >= 15 is 0 Å². The summed E-state index contributed by atoms with van der Waals surface area (Å²) in [6, 6.07) is 35.0. The van der Waals surface area contributed by atoms with Crippen molar-refractivity contribution in [2.45, 2.75) is 25.0 Å². The van der Waals surface area contributed by atoms with Crippen LogP contribution in [0.1, 0.15) is 56.9 Å². The number of carbonyl (C=O) groups is 4. The molecule has 0 aliphatic carbocycles. The Bertz CT molecular complexity index is 1330. The minimum Gasteiger partial charge on any atom is -0.433 e. The van der Waals surface area contributed by atoms with Crippen LogP contribution in [0.15, 0.2) is 121 Å². The molecule has 0 bridgehead atoms. The van der Waals surface area contributed by atoms with Gasteiger partial charge in [0.15, 0.2) is 12.2 Å². The zero-order chi connectivity index (χ0) is 29.6. The summed E-state index contributed by atoms with van der Waals surface area (Å²) in [4.78, 5) is 51.2. The fourth-order valence-electron chi connectivity index (χ4n) is 4.24. The van der Waals surface area contributed by atoms with Gasteiger partial charge in [-0.1, -0.05) is 121 Å². The van der Waals surface area contributed by atoms with Gasteiger partial charge in [-0.15, -0.1) is 0 Å². The van der Waals surface area contributed by atoms with E-state index in [0.29, 0.717) is 35.1 Å². The molecule has 0 heterocycles. The fraction of sp³-hybridized carbons (Fsp3) is 0.176. The lowest BCUT2D eigenvalue weighted by atomic mass is 10.00. The monoisotopic (exact) mass is 564 g/mol. The van der Waals surface area contributed by atoms with Crippen molar-refractivity contribution < 1.29 is 28.7 Å². The molecule has 4 aromatic carbocycles. The smallest absolute Gasteiger partial charge is 0.408 e. The van der Waals surface area contributed by atoms with Crippen LogP contribution in [-0.4, -0.2) is 36.8 Å². The molecule has 2 amide bonds. The summed E-state index contributed by atoms with van der Waals surface area (Å²) in [7, 11) is 0. The highest BCUT2D eigenvalue weighted by molar-refractivity contribution is 6.01. The van der Waals surface area contributed by atoms with Gasteiger partial charge in [0.25, 0.3) is 0 Å². The third-order valence-electron chi connectivity index (χ3n) is 6.39. The second-order valence-electron chi connectivity index (χ2n) is 9.41. The number of ketones is 2. The van der Waals surface area contributed by atoms with Crippen molar-refractivity contribution in [1.29, 1.82) is 0 Å². The highest BCUT2D eigenvalue weighted by Gasteiger charge is 2.27. The molecule has 0 saturated heterocycles. The molecule has 0 aliphatic heterocycles. The molecule has 8 nitrogen and oxygen atoms in total. The highest BCUT2D eigenvalue weighted by atomic mass is 16.6. The van der Waals surface area contributed by atoms with Gasteiger partial charge >= 0.3 is 12.2 Å². The summed E-state index contributed by atoms with van der Waals surface area (Å²) in [5.74, 6) is -0.640. The Hall–Kier alpha value is -5.24. The lowest BCUT2D eigenvalue weighted by Gasteiger charge is -2.18. The molecule has 0 aromatic heterocycles. The molecular formula is C34H32N2O6. The molecule has 0 fully saturated rings. The maximum atomic E-state index is 13.1. The predicted molar refractivity (Wildman–Crippen MR) is 158 cm³/mol. The Morgan fingerprint density at radius 2 is 0.786 bits per heavy atom. The van der Waals surface area contributed by atoms with Gasteiger partial charge in [-0.2, -0.15) is 0 Å². The van der Waals surface area contributed by atoms with Gasteiger partial charge in [-0.25, -0.2) is 9.59 Å². The Labute approximate surface area is 244 Å². The van der Waals surface area contributed by atoms with E-state index in [9.17, 15) is 19.2 Å². The Kier molecular flexibility index (Phi) is 11.0. The molecular weight excluding hydrogens is 532 g/mol. The zero-order valence-corrected chi connectivity index (χ0v) is 23.0. The van der Waals surface area contributed by atoms with Crippen molar-refractivity contribution >= 4 is 23.8 Å². The third kappa shape index (κ3) is 8.63. The van der Waals surface area contributed by atoms with Crippen LogP contribution in [0.25, 0.3) is 0 Å². The average Bonchev–Trinajstić information content (AvgIpc) is 3.05. The largest absolute Gasteiger partial charge is 0.433 e. The van der Waals surface area contributed by atoms with Crippen molar-refractivity contribution in [1.82, 2.24) is 10.6 Å². The molecule has 8 heteroatoms. The first kappa shape index (κ1) is 29.7. The van der Waals surface area contributed by atoms with Gasteiger partial charge in [0, 0.05) is 35.3 Å². The molecule has 2 atom stereocenters. The summed E-state index contributed by atoms with van der Waals surface area (Å²) >= 11 is 0. The predicted octanol–water partition coefficient (Wildman–Crippen LogP) is 6.47. The van der Waals surface area contributed by atoms with Crippen LogP contribution in [-0.2, 0) is 9.47 Å². The van der Waals surface area contributed by atoms with Crippen LogP contribution in [0.3, 0.4) is 0 Å². The molecule has 0 radical (unpaired) electrons. The van der Waals surface area contributed by atoms with Crippen LogP contribution in [0.2, 0.25) is 0 Å². The first-order valence-electron chi connectivity index (χ1n) is 13.7. The Balaban J connectivity index is 1.23. The Morgan fingerprint density at radius 1 is 0.476 bits per heavy atom. The third-order valence-corrected chi connectivity index (χ3v) is 6.39. The number of hydrogen-bond donors (Lipinski definition) is 2. The highest BCUT2D eigenvalue weighted by Crippen LogP contribution is 2.24.